The highest BCUT2D eigenvalue weighted by atomic mass is 35.5. The number of primary amides is 1. The molecule has 1 saturated heterocycles. The quantitative estimate of drug-likeness (QED) is 0.115. The minimum atomic E-state index is -1.22. The van der Waals surface area contributed by atoms with E-state index in [0.29, 0.717) is 24.0 Å². The Morgan fingerprint density at radius 2 is 1.67 bits per heavy atom. The van der Waals surface area contributed by atoms with Gasteiger partial charge in [-0.15, -0.1) is 11.6 Å². The molecule has 3 unspecified atom stereocenters. The topological polar surface area (TPSA) is 224 Å². The van der Waals surface area contributed by atoms with Crippen LogP contribution in [-0.4, -0.2) is 92.2 Å². The lowest BCUT2D eigenvalue weighted by atomic mass is 9.97. The number of phenols is 1. The highest BCUT2D eigenvalue weighted by Gasteiger charge is 2.38. The Balaban J connectivity index is 1.58. The number of likely N-dealkylation sites (tertiary alicyclic amines) is 1. The standard InChI is InChI=1S/C33H39ClN6O8/c34-17-28(42)37-24(12-13-29(43)44)33(48)40-14-4-3-7-27(40)32(47)39-26(16-20-18-36-23-6-2-1-5-22(20)23)31(46)38-25(30(35)45)15-19-8-10-21(41)11-9-19/h1-2,5-6,8-11,18,24-27,36,41H,3-4,7,12-17H2,(H2,35,45)(H,37,42)(H,38,46)(H,39,47)(H,43,44)/t24?,25?,26?,27-/m0/s1. The molecule has 8 N–H and O–H groups in total. The zero-order chi connectivity index (χ0) is 34.8. The van der Waals surface area contributed by atoms with Crippen molar-refractivity contribution < 1.29 is 39.0 Å². The number of carbonyl (C=O) groups excluding carboxylic acids is 5. The van der Waals surface area contributed by atoms with E-state index in [0.717, 1.165) is 10.9 Å². The summed E-state index contributed by atoms with van der Waals surface area (Å²) >= 11 is 5.62. The number of piperidine rings is 1. The predicted octanol–water partition coefficient (Wildman–Crippen LogP) is 1.08. The number of nitrogens with two attached hydrogens (primary N) is 1. The molecule has 0 spiro atoms. The van der Waals surface area contributed by atoms with E-state index in [1.54, 1.807) is 18.3 Å². The first-order valence-corrected chi connectivity index (χ1v) is 16.1. The van der Waals surface area contributed by atoms with Crippen LogP contribution in [0, 0.1) is 0 Å². The van der Waals surface area contributed by atoms with E-state index in [1.807, 2.05) is 24.3 Å². The number of amides is 5. The van der Waals surface area contributed by atoms with Crippen LogP contribution in [-0.2, 0) is 41.6 Å². The molecule has 256 valence electrons. The Morgan fingerprint density at radius 1 is 0.938 bits per heavy atom. The van der Waals surface area contributed by atoms with Crippen LogP contribution in [0.15, 0.2) is 54.7 Å². The maximum absolute atomic E-state index is 13.9. The molecule has 5 amide bonds. The van der Waals surface area contributed by atoms with Gasteiger partial charge in [0.15, 0.2) is 0 Å². The van der Waals surface area contributed by atoms with Gasteiger partial charge >= 0.3 is 5.97 Å². The van der Waals surface area contributed by atoms with Gasteiger partial charge in [0.2, 0.25) is 29.5 Å². The van der Waals surface area contributed by atoms with Crippen molar-refractivity contribution in [3.63, 3.8) is 0 Å². The molecule has 4 atom stereocenters. The molecule has 3 aromatic rings. The van der Waals surface area contributed by atoms with E-state index in [1.165, 1.54) is 17.0 Å². The number of aromatic nitrogens is 1. The van der Waals surface area contributed by atoms with Gasteiger partial charge in [0.1, 0.15) is 35.8 Å². The number of hydrogen-bond donors (Lipinski definition) is 7. The number of hydrogen-bond acceptors (Lipinski definition) is 7. The second-order valence-electron chi connectivity index (χ2n) is 11.7. The number of para-hydroxylation sites is 1. The van der Waals surface area contributed by atoms with Crippen molar-refractivity contribution in [2.24, 2.45) is 5.73 Å². The molecule has 48 heavy (non-hydrogen) atoms. The molecule has 2 aromatic carbocycles. The van der Waals surface area contributed by atoms with Gasteiger partial charge in [-0.3, -0.25) is 28.8 Å². The number of benzene rings is 2. The van der Waals surface area contributed by atoms with Crippen LogP contribution in [0.5, 0.6) is 5.75 Å². The number of nitrogens with zero attached hydrogens (tertiary/aromatic N) is 1. The van der Waals surface area contributed by atoms with Crippen LogP contribution < -0.4 is 21.7 Å². The molecule has 1 fully saturated rings. The smallest absolute Gasteiger partial charge is 0.303 e. The number of alkyl halides is 1. The monoisotopic (exact) mass is 682 g/mol. The van der Waals surface area contributed by atoms with Gasteiger partial charge in [0, 0.05) is 42.9 Å². The lowest BCUT2D eigenvalue weighted by Gasteiger charge is -2.37. The second kappa shape index (κ2) is 16.6. The molecule has 0 bridgehead atoms. The number of carbonyl (C=O) groups is 6. The molecule has 1 aromatic heterocycles. The average Bonchev–Trinajstić information content (AvgIpc) is 3.48. The molecule has 4 rings (SSSR count). The van der Waals surface area contributed by atoms with Gasteiger partial charge in [-0.2, -0.15) is 0 Å². The van der Waals surface area contributed by atoms with Gasteiger partial charge in [0.25, 0.3) is 0 Å². The van der Waals surface area contributed by atoms with Crippen LogP contribution in [0.2, 0.25) is 0 Å². The molecule has 14 nitrogen and oxygen atoms in total. The number of carboxylic acid groups (broad SMARTS) is 1. The van der Waals surface area contributed by atoms with E-state index in [-0.39, 0.29) is 38.0 Å². The Kier molecular flexibility index (Phi) is 12.4. The van der Waals surface area contributed by atoms with Crippen molar-refractivity contribution >= 4 is 58.0 Å². The van der Waals surface area contributed by atoms with Crippen LogP contribution >= 0.6 is 11.6 Å². The van der Waals surface area contributed by atoms with Gasteiger partial charge < -0.3 is 41.8 Å². The van der Waals surface area contributed by atoms with Gasteiger partial charge in [-0.05, 0) is 55.0 Å². The molecule has 2 heterocycles. The summed E-state index contributed by atoms with van der Waals surface area (Å²) in [7, 11) is 0. The number of phenolic OH excluding ortho intramolecular Hbond substituents is 1. The molecular formula is C33H39ClN6O8. The maximum atomic E-state index is 13.9. The van der Waals surface area contributed by atoms with E-state index >= 15 is 0 Å². The molecule has 0 aliphatic carbocycles. The van der Waals surface area contributed by atoms with Crippen LogP contribution in [0.3, 0.4) is 0 Å². The fraction of sp³-hybridized carbons (Fsp3) is 0.394. The fourth-order valence-corrected chi connectivity index (χ4v) is 5.86. The highest BCUT2D eigenvalue weighted by molar-refractivity contribution is 6.27. The first-order valence-electron chi connectivity index (χ1n) is 15.6. The minimum Gasteiger partial charge on any atom is -0.508 e. The molecule has 0 radical (unpaired) electrons. The predicted molar refractivity (Wildman–Crippen MR) is 176 cm³/mol. The molecule has 1 aliphatic rings. The third kappa shape index (κ3) is 9.47. The lowest BCUT2D eigenvalue weighted by Crippen LogP contribution is -2.60. The van der Waals surface area contributed by atoms with E-state index in [4.69, 9.17) is 17.3 Å². The summed E-state index contributed by atoms with van der Waals surface area (Å²) in [4.78, 5) is 81.6. The summed E-state index contributed by atoms with van der Waals surface area (Å²) in [5.74, 6) is -4.97. The van der Waals surface area contributed by atoms with Crippen LogP contribution in [0.4, 0.5) is 0 Å². The van der Waals surface area contributed by atoms with Gasteiger partial charge in [-0.25, -0.2) is 0 Å². The minimum absolute atomic E-state index is 0.0277. The Labute approximate surface area is 281 Å². The van der Waals surface area contributed by atoms with E-state index in [2.05, 4.69) is 20.9 Å². The largest absolute Gasteiger partial charge is 0.508 e. The Morgan fingerprint density at radius 3 is 2.35 bits per heavy atom. The first-order chi connectivity index (χ1) is 23.0. The molecule has 0 saturated carbocycles. The number of aromatic amines is 1. The summed E-state index contributed by atoms with van der Waals surface area (Å²) in [6, 6.07) is 8.91. The normalized spacial score (nSPS) is 16.4. The number of carboxylic acids is 1. The highest BCUT2D eigenvalue weighted by Crippen LogP contribution is 2.22. The molecule has 15 heteroatoms. The molecule has 1 aliphatic heterocycles. The average molecular weight is 683 g/mol. The second-order valence-corrected chi connectivity index (χ2v) is 12.0. The number of aliphatic carboxylic acids is 1. The summed E-state index contributed by atoms with van der Waals surface area (Å²) in [5.41, 5.74) is 7.81. The first kappa shape index (κ1) is 35.7. The number of aromatic hydroxyl groups is 1. The van der Waals surface area contributed by atoms with Crippen molar-refractivity contribution in [3.05, 3.63) is 65.9 Å². The van der Waals surface area contributed by atoms with Crippen molar-refractivity contribution in [1.82, 2.24) is 25.8 Å². The Hall–Kier alpha value is -5.11. The van der Waals surface area contributed by atoms with Crippen molar-refractivity contribution in [3.8, 4) is 5.75 Å². The van der Waals surface area contributed by atoms with Gasteiger partial charge in [-0.1, -0.05) is 30.3 Å². The summed E-state index contributed by atoms with van der Waals surface area (Å²) in [5, 5.41) is 27.5. The van der Waals surface area contributed by atoms with Crippen molar-refractivity contribution in [1.29, 1.82) is 0 Å². The van der Waals surface area contributed by atoms with Crippen molar-refractivity contribution in [2.75, 3.05) is 12.4 Å². The maximum Gasteiger partial charge on any atom is 0.303 e. The Bertz CT molecular complexity index is 1640. The number of rotatable bonds is 15. The third-order valence-electron chi connectivity index (χ3n) is 8.26. The number of fused-ring (bicyclic) bond motifs is 1. The lowest BCUT2D eigenvalue weighted by molar-refractivity contribution is -0.146. The number of H-pyrrole nitrogens is 1. The van der Waals surface area contributed by atoms with Gasteiger partial charge in [0.05, 0.1) is 0 Å². The summed E-state index contributed by atoms with van der Waals surface area (Å²) < 4.78 is 0. The van der Waals surface area contributed by atoms with Crippen LogP contribution in [0.25, 0.3) is 10.9 Å². The number of nitrogens with one attached hydrogen (secondary N) is 4. The zero-order valence-corrected chi connectivity index (χ0v) is 26.9. The summed E-state index contributed by atoms with van der Waals surface area (Å²) in [6.45, 7) is 0.174. The number of halogens is 1. The van der Waals surface area contributed by atoms with Crippen molar-refractivity contribution in [2.45, 2.75) is 69.1 Å². The SMILES string of the molecule is NC(=O)C(Cc1ccc(O)cc1)NC(=O)C(Cc1c[nH]c2ccccc12)NC(=O)[C@@H]1CCCCN1C(=O)C(CCC(=O)O)NC(=O)CCl. The third-order valence-corrected chi connectivity index (χ3v) is 8.50. The van der Waals surface area contributed by atoms with Crippen LogP contribution in [0.1, 0.15) is 43.2 Å². The van der Waals surface area contributed by atoms with E-state index < -0.39 is 72.0 Å². The molecular weight excluding hydrogens is 644 g/mol. The van der Waals surface area contributed by atoms with E-state index in [9.17, 15) is 39.0 Å². The summed E-state index contributed by atoms with van der Waals surface area (Å²) in [6.07, 6.45) is 2.62. The fourth-order valence-electron chi connectivity index (χ4n) is 5.79. The zero-order valence-electron chi connectivity index (χ0n) is 26.1.